The number of aliphatic hydroxyl groups is 1. The lowest BCUT2D eigenvalue weighted by atomic mass is 9.75. The third kappa shape index (κ3) is 2.88. The normalized spacial score (nSPS) is 19.1. The zero-order chi connectivity index (χ0) is 14.6. The van der Waals surface area contributed by atoms with Gasteiger partial charge in [-0.1, -0.05) is 50.1 Å². The van der Waals surface area contributed by atoms with Crippen molar-refractivity contribution in [3.05, 3.63) is 35.9 Å². The van der Waals surface area contributed by atoms with Gasteiger partial charge in [-0.3, -0.25) is 4.79 Å². The van der Waals surface area contributed by atoms with Crippen molar-refractivity contribution in [3.63, 3.8) is 0 Å². The van der Waals surface area contributed by atoms with Crippen LogP contribution in [-0.4, -0.2) is 18.2 Å². The van der Waals surface area contributed by atoms with Crippen LogP contribution in [-0.2, 0) is 15.1 Å². The Labute approximate surface area is 121 Å². The Hall–Kier alpha value is -1.35. The van der Waals surface area contributed by atoms with E-state index in [0.29, 0.717) is 6.42 Å². The number of benzene rings is 1. The number of rotatable bonds is 7. The highest BCUT2D eigenvalue weighted by molar-refractivity contribution is 5.74. The van der Waals surface area contributed by atoms with Crippen LogP contribution >= 0.6 is 0 Å². The van der Waals surface area contributed by atoms with E-state index in [9.17, 15) is 9.90 Å². The summed E-state index contributed by atoms with van der Waals surface area (Å²) >= 11 is 0. The van der Waals surface area contributed by atoms with E-state index in [1.807, 2.05) is 30.3 Å². The van der Waals surface area contributed by atoms with Crippen LogP contribution < -0.4 is 0 Å². The van der Waals surface area contributed by atoms with Gasteiger partial charge >= 0.3 is 5.97 Å². The molecule has 0 radical (unpaired) electrons. The minimum absolute atomic E-state index is 0.172. The van der Waals surface area contributed by atoms with Crippen molar-refractivity contribution in [1.29, 1.82) is 0 Å². The summed E-state index contributed by atoms with van der Waals surface area (Å²) < 4.78 is 4.96. The second kappa shape index (κ2) is 6.40. The van der Waals surface area contributed by atoms with Crippen molar-refractivity contribution in [2.24, 2.45) is 11.8 Å². The minimum Gasteiger partial charge on any atom is -0.469 e. The van der Waals surface area contributed by atoms with Crippen LogP contribution in [0.2, 0.25) is 0 Å². The molecule has 20 heavy (non-hydrogen) atoms. The van der Waals surface area contributed by atoms with Crippen molar-refractivity contribution in [2.45, 2.75) is 44.6 Å². The first-order valence-electron chi connectivity index (χ1n) is 7.50. The van der Waals surface area contributed by atoms with Gasteiger partial charge in [0.25, 0.3) is 0 Å². The van der Waals surface area contributed by atoms with E-state index in [1.165, 1.54) is 7.11 Å². The first-order valence-corrected chi connectivity index (χ1v) is 7.50. The molecule has 0 bridgehead atoms. The lowest BCUT2D eigenvalue weighted by molar-refractivity contribution is -0.160. The molecule has 3 heteroatoms. The van der Waals surface area contributed by atoms with Crippen LogP contribution in [0.1, 0.15) is 44.6 Å². The van der Waals surface area contributed by atoms with Gasteiger partial charge in [0.05, 0.1) is 13.0 Å². The SMILES string of the molecule is CCCCC(C(=O)OC)C(O)(c1ccccc1)C1CC1. The van der Waals surface area contributed by atoms with E-state index in [2.05, 4.69) is 6.92 Å². The molecule has 1 saturated carbocycles. The Morgan fingerprint density at radius 2 is 2.05 bits per heavy atom. The lowest BCUT2D eigenvalue weighted by Crippen LogP contribution is -2.42. The summed E-state index contributed by atoms with van der Waals surface area (Å²) in [6.07, 6.45) is 4.55. The van der Waals surface area contributed by atoms with Crippen molar-refractivity contribution in [1.82, 2.24) is 0 Å². The zero-order valence-corrected chi connectivity index (χ0v) is 12.3. The van der Waals surface area contributed by atoms with Crippen molar-refractivity contribution >= 4 is 5.97 Å². The summed E-state index contributed by atoms with van der Waals surface area (Å²) in [6, 6.07) is 9.59. The molecule has 2 rings (SSSR count). The summed E-state index contributed by atoms with van der Waals surface area (Å²) in [5.74, 6) is -0.593. The van der Waals surface area contributed by atoms with Crippen LogP contribution in [0.5, 0.6) is 0 Å². The highest BCUT2D eigenvalue weighted by Crippen LogP contribution is 2.51. The maximum atomic E-state index is 12.2. The number of ether oxygens (including phenoxy) is 1. The topological polar surface area (TPSA) is 46.5 Å². The second-order valence-corrected chi connectivity index (χ2v) is 5.68. The molecular weight excluding hydrogens is 252 g/mol. The average Bonchev–Trinajstić information content (AvgIpc) is 3.32. The monoisotopic (exact) mass is 276 g/mol. The Bertz CT molecular complexity index is 439. The fraction of sp³-hybridized carbons (Fsp3) is 0.588. The van der Waals surface area contributed by atoms with Crippen LogP contribution in [0.15, 0.2) is 30.3 Å². The Morgan fingerprint density at radius 3 is 2.55 bits per heavy atom. The molecule has 0 aliphatic heterocycles. The number of carbonyl (C=O) groups is 1. The highest BCUT2D eigenvalue weighted by atomic mass is 16.5. The molecule has 1 aliphatic rings. The fourth-order valence-corrected chi connectivity index (χ4v) is 3.02. The van der Waals surface area contributed by atoms with Crippen LogP contribution in [0.3, 0.4) is 0 Å². The molecule has 0 spiro atoms. The molecule has 1 aromatic carbocycles. The van der Waals surface area contributed by atoms with Crippen molar-refractivity contribution in [2.75, 3.05) is 7.11 Å². The maximum absolute atomic E-state index is 12.2. The molecule has 1 fully saturated rings. The molecule has 0 amide bonds. The van der Waals surface area contributed by atoms with Gasteiger partial charge in [0, 0.05) is 0 Å². The van der Waals surface area contributed by atoms with Crippen LogP contribution in [0.25, 0.3) is 0 Å². The average molecular weight is 276 g/mol. The number of unbranched alkanes of at least 4 members (excludes halogenated alkanes) is 1. The number of methoxy groups -OCH3 is 1. The number of carbonyl (C=O) groups excluding carboxylic acids is 1. The minimum atomic E-state index is -1.08. The van der Waals surface area contributed by atoms with Gasteiger partial charge in [0.2, 0.25) is 0 Å². The molecule has 1 aromatic rings. The summed E-state index contributed by atoms with van der Waals surface area (Å²) in [4.78, 5) is 12.2. The molecule has 0 aromatic heterocycles. The molecule has 1 N–H and O–H groups in total. The molecule has 2 atom stereocenters. The molecule has 2 unspecified atom stereocenters. The molecule has 0 heterocycles. The van der Waals surface area contributed by atoms with Gasteiger partial charge in [0.15, 0.2) is 0 Å². The van der Waals surface area contributed by atoms with Crippen LogP contribution in [0.4, 0.5) is 0 Å². The zero-order valence-electron chi connectivity index (χ0n) is 12.3. The van der Waals surface area contributed by atoms with E-state index in [4.69, 9.17) is 4.74 Å². The van der Waals surface area contributed by atoms with Gasteiger partial charge in [-0.25, -0.2) is 0 Å². The predicted octanol–water partition coefficient (Wildman–Crippen LogP) is 3.26. The lowest BCUT2D eigenvalue weighted by Gasteiger charge is -2.35. The molecule has 0 saturated heterocycles. The third-order valence-corrected chi connectivity index (χ3v) is 4.30. The quantitative estimate of drug-likeness (QED) is 0.777. The first-order chi connectivity index (χ1) is 9.64. The standard InChI is InChI=1S/C17H24O3/c1-3-4-10-15(16(18)20-2)17(19,14-11-12-14)13-8-6-5-7-9-13/h5-9,14-15,19H,3-4,10-12H2,1-2H3. The Morgan fingerprint density at radius 1 is 1.40 bits per heavy atom. The van der Waals surface area contributed by atoms with Gasteiger partial charge in [-0.2, -0.15) is 0 Å². The van der Waals surface area contributed by atoms with Crippen molar-refractivity contribution in [3.8, 4) is 0 Å². The second-order valence-electron chi connectivity index (χ2n) is 5.68. The van der Waals surface area contributed by atoms with Crippen molar-refractivity contribution < 1.29 is 14.6 Å². The Balaban J connectivity index is 2.35. The van der Waals surface area contributed by atoms with E-state index in [1.54, 1.807) is 0 Å². The summed E-state index contributed by atoms with van der Waals surface area (Å²) in [5, 5.41) is 11.3. The summed E-state index contributed by atoms with van der Waals surface area (Å²) in [6.45, 7) is 2.09. The smallest absolute Gasteiger partial charge is 0.311 e. The van der Waals surface area contributed by atoms with Gasteiger partial charge in [0.1, 0.15) is 5.60 Å². The highest BCUT2D eigenvalue weighted by Gasteiger charge is 2.53. The van der Waals surface area contributed by atoms with Gasteiger partial charge in [-0.15, -0.1) is 0 Å². The molecule has 3 nitrogen and oxygen atoms in total. The fourth-order valence-electron chi connectivity index (χ4n) is 3.02. The maximum Gasteiger partial charge on any atom is 0.311 e. The molecular formula is C17H24O3. The Kier molecular flexibility index (Phi) is 4.81. The first kappa shape index (κ1) is 15.0. The van der Waals surface area contributed by atoms with Gasteiger partial charge < -0.3 is 9.84 Å². The summed E-state index contributed by atoms with van der Waals surface area (Å²) in [7, 11) is 1.40. The third-order valence-electron chi connectivity index (χ3n) is 4.30. The number of hydrogen-bond acceptors (Lipinski definition) is 3. The van der Waals surface area contributed by atoms with E-state index >= 15 is 0 Å². The van der Waals surface area contributed by atoms with Gasteiger partial charge in [-0.05, 0) is 30.7 Å². The number of hydrogen-bond donors (Lipinski definition) is 1. The van der Waals surface area contributed by atoms with E-state index < -0.39 is 11.5 Å². The van der Waals surface area contributed by atoms with E-state index in [-0.39, 0.29) is 11.9 Å². The molecule has 110 valence electrons. The van der Waals surface area contributed by atoms with Crippen LogP contribution in [0, 0.1) is 11.8 Å². The molecule has 1 aliphatic carbocycles. The summed E-state index contributed by atoms with van der Waals surface area (Å²) in [5.41, 5.74) is -0.238. The predicted molar refractivity (Wildman–Crippen MR) is 78.1 cm³/mol. The number of esters is 1. The largest absolute Gasteiger partial charge is 0.469 e. The van der Waals surface area contributed by atoms with E-state index in [0.717, 1.165) is 31.2 Å².